The van der Waals surface area contributed by atoms with Crippen molar-refractivity contribution in [2.24, 2.45) is 0 Å². The average molecular weight is 333 g/mol. The predicted molar refractivity (Wildman–Crippen MR) is 101 cm³/mol. The highest BCUT2D eigenvalue weighted by atomic mass is 35.5. The van der Waals surface area contributed by atoms with Crippen LogP contribution in [0.25, 0.3) is 0 Å². The van der Waals surface area contributed by atoms with E-state index >= 15 is 0 Å². The summed E-state index contributed by atoms with van der Waals surface area (Å²) in [4.78, 5) is 12.4. The van der Waals surface area contributed by atoms with Gasteiger partial charge in [-0.05, 0) is 47.2 Å². The van der Waals surface area contributed by atoms with Crippen molar-refractivity contribution in [3.05, 3.63) is 59.2 Å². The molecule has 0 fully saturated rings. The first-order valence-corrected chi connectivity index (χ1v) is 7.69. The third kappa shape index (κ3) is 4.73. The van der Waals surface area contributed by atoms with Gasteiger partial charge in [0, 0.05) is 16.9 Å². The minimum Gasteiger partial charge on any atom is -0.399 e. The second kappa shape index (κ2) is 8.02. The number of nitrogen functional groups attached to an aromatic ring is 1. The highest BCUT2D eigenvalue weighted by Crippen LogP contribution is 2.28. The Morgan fingerprint density at radius 1 is 1.00 bits per heavy atom. The first kappa shape index (κ1) is 19.0. The Morgan fingerprint density at radius 2 is 1.70 bits per heavy atom. The van der Waals surface area contributed by atoms with E-state index in [1.54, 1.807) is 24.3 Å². The number of rotatable bonds is 4. The fraction of sp³-hybridized carbons (Fsp3) is 0.316. The van der Waals surface area contributed by atoms with E-state index < -0.39 is 0 Å². The Kier molecular flexibility index (Phi) is 6.64. The third-order valence-electron chi connectivity index (χ3n) is 3.76. The van der Waals surface area contributed by atoms with Gasteiger partial charge in [-0.15, -0.1) is 12.4 Å². The molecule has 0 saturated heterocycles. The zero-order valence-electron chi connectivity index (χ0n) is 14.1. The Morgan fingerprint density at radius 3 is 2.26 bits per heavy atom. The van der Waals surface area contributed by atoms with Crippen LogP contribution in [0.5, 0.6) is 0 Å². The molecule has 4 heteroatoms. The second-order valence-corrected chi connectivity index (χ2v) is 6.24. The lowest BCUT2D eigenvalue weighted by Gasteiger charge is -2.17. The number of carbonyl (C=O) groups excluding carboxylic acids is 1. The lowest BCUT2D eigenvalue weighted by atomic mass is 9.94. The van der Waals surface area contributed by atoms with Crippen LogP contribution in [-0.2, 0) is 0 Å². The van der Waals surface area contributed by atoms with Gasteiger partial charge >= 0.3 is 0 Å². The van der Waals surface area contributed by atoms with Crippen LogP contribution in [0.3, 0.4) is 0 Å². The van der Waals surface area contributed by atoms with Gasteiger partial charge in [0.25, 0.3) is 5.91 Å². The maximum absolute atomic E-state index is 12.4. The summed E-state index contributed by atoms with van der Waals surface area (Å²) in [6.07, 6.45) is 0. The summed E-state index contributed by atoms with van der Waals surface area (Å²) in [6, 6.07) is 13.3. The SMILES string of the molecule is CC(C)c1ccc(NC(=O)c2cccc(N)c2)c(C(C)C)c1.Cl. The van der Waals surface area contributed by atoms with Crippen molar-refractivity contribution in [3.8, 4) is 0 Å². The average Bonchev–Trinajstić information content (AvgIpc) is 2.47. The van der Waals surface area contributed by atoms with Gasteiger partial charge in [-0.3, -0.25) is 4.79 Å². The third-order valence-corrected chi connectivity index (χ3v) is 3.76. The van der Waals surface area contributed by atoms with Gasteiger partial charge in [0.2, 0.25) is 0 Å². The van der Waals surface area contributed by atoms with Gasteiger partial charge in [0.1, 0.15) is 0 Å². The lowest BCUT2D eigenvalue weighted by Crippen LogP contribution is -2.14. The van der Waals surface area contributed by atoms with Crippen LogP contribution in [0.2, 0.25) is 0 Å². The molecule has 0 heterocycles. The number of hydrogen-bond donors (Lipinski definition) is 2. The summed E-state index contributed by atoms with van der Waals surface area (Å²) in [5.74, 6) is 0.678. The molecule has 0 saturated carbocycles. The molecular weight excluding hydrogens is 308 g/mol. The summed E-state index contributed by atoms with van der Waals surface area (Å²) in [5.41, 5.74) is 10.2. The van der Waals surface area contributed by atoms with Gasteiger partial charge < -0.3 is 11.1 Å². The van der Waals surface area contributed by atoms with Gasteiger partial charge in [0.05, 0.1) is 0 Å². The van der Waals surface area contributed by atoms with Crippen molar-refractivity contribution < 1.29 is 4.79 Å². The Balaban J connectivity index is 0.00000264. The predicted octanol–water partition coefficient (Wildman–Crippen LogP) is 5.19. The number of halogens is 1. The lowest BCUT2D eigenvalue weighted by molar-refractivity contribution is 0.102. The largest absolute Gasteiger partial charge is 0.399 e. The van der Waals surface area contributed by atoms with E-state index in [9.17, 15) is 4.79 Å². The van der Waals surface area contributed by atoms with Crippen molar-refractivity contribution in [3.63, 3.8) is 0 Å². The highest BCUT2D eigenvalue weighted by Gasteiger charge is 2.13. The molecule has 3 nitrogen and oxygen atoms in total. The number of anilines is 2. The topological polar surface area (TPSA) is 55.1 Å². The highest BCUT2D eigenvalue weighted by molar-refractivity contribution is 6.05. The molecule has 0 aromatic heterocycles. The molecule has 3 N–H and O–H groups in total. The van der Waals surface area contributed by atoms with Crippen molar-refractivity contribution in [2.45, 2.75) is 39.5 Å². The Hall–Kier alpha value is -2.00. The smallest absolute Gasteiger partial charge is 0.255 e. The molecular formula is C19H25ClN2O. The first-order chi connectivity index (χ1) is 10.4. The summed E-state index contributed by atoms with van der Waals surface area (Å²) >= 11 is 0. The number of amides is 1. The van der Waals surface area contributed by atoms with Crippen molar-refractivity contribution in [1.29, 1.82) is 0 Å². The molecule has 0 unspecified atom stereocenters. The van der Waals surface area contributed by atoms with E-state index in [0.717, 1.165) is 11.3 Å². The Bertz CT molecular complexity index is 681. The van der Waals surface area contributed by atoms with Gasteiger partial charge in [-0.1, -0.05) is 45.9 Å². The van der Waals surface area contributed by atoms with Crippen LogP contribution in [0.15, 0.2) is 42.5 Å². The van der Waals surface area contributed by atoms with Crippen LogP contribution < -0.4 is 11.1 Å². The molecule has 0 radical (unpaired) electrons. The molecule has 1 amide bonds. The maximum atomic E-state index is 12.4. The van der Waals surface area contributed by atoms with E-state index in [0.29, 0.717) is 23.1 Å². The molecule has 0 aliphatic heterocycles. The van der Waals surface area contributed by atoms with Crippen LogP contribution in [0, 0.1) is 0 Å². The van der Waals surface area contributed by atoms with Crippen molar-refractivity contribution in [1.82, 2.24) is 0 Å². The van der Waals surface area contributed by atoms with Gasteiger partial charge in [-0.2, -0.15) is 0 Å². The zero-order valence-corrected chi connectivity index (χ0v) is 14.9. The number of hydrogen-bond acceptors (Lipinski definition) is 2. The quantitative estimate of drug-likeness (QED) is 0.757. The summed E-state index contributed by atoms with van der Waals surface area (Å²) < 4.78 is 0. The van der Waals surface area contributed by atoms with E-state index in [4.69, 9.17) is 5.73 Å². The summed E-state index contributed by atoms with van der Waals surface area (Å²) in [6.45, 7) is 8.61. The molecule has 23 heavy (non-hydrogen) atoms. The van der Waals surface area contributed by atoms with Gasteiger partial charge in [0.15, 0.2) is 0 Å². The standard InChI is InChI=1S/C19H24N2O.ClH/c1-12(2)14-8-9-18(17(11-14)13(3)4)21-19(22)15-6-5-7-16(20)10-15;/h5-13H,20H2,1-4H3,(H,21,22);1H. The van der Waals surface area contributed by atoms with Gasteiger partial charge in [-0.25, -0.2) is 0 Å². The van der Waals surface area contributed by atoms with E-state index in [-0.39, 0.29) is 18.3 Å². The number of benzene rings is 2. The molecule has 0 atom stereocenters. The molecule has 2 rings (SSSR count). The molecule has 2 aromatic carbocycles. The molecule has 0 bridgehead atoms. The van der Waals surface area contributed by atoms with Crippen LogP contribution in [0.1, 0.15) is 61.0 Å². The minimum absolute atomic E-state index is 0. The molecule has 0 spiro atoms. The van der Waals surface area contributed by atoms with E-state index in [1.165, 1.54) is 5.56 Å². The van der Waals surface area contributed by atoms with E-state index in [2.05, 4.69) is 45.1 Å². The Labute approximate surface area is 144 Å². The normalized spacial score (nSPS) is 10.5. The van der Waals surface area contributed by atoms with Crippen molar-refractivity contribution in [2.75, 3.05) is 11.1 Å². The van der Waals surface area contributed by atoms with Crippen LogP contribution in [0.4, 0.5) is 11.4 Å². The molecule has 124 valence electrons. The monoisotopic (exact) mass is 332 g/mol. The van der Waals surface area contributed by atoms with Crippen LogP contribution >= 0.6 is 12.4 Å². The van der Waals surface area contributed by atoms with Crippen molar-refractivity contribution >= 4 is 29.7 Å². The first-order valence-electron chi connectivity index (χ1n) is 7.69. The van der Waals surface area contributed by atoms with Crippen LogP contribution in [-0.4, -0.2) is 5.91 Å². The fourth-order valence-corrected chi connectivity index (χ4v) is 2.41. The number of carbonyl (C=O) groups is 1. The summed E-state index contributed by atoms with van der Waals surface area (Å²) in [7, 11) is 0. The zero-order chi connectivity index (χ0) is 16.3. The fourth-order valence-electron chi connectivity index (χ4n) is 2.41. The number of nitrogens with two attached hydrogens (primary N) is 1. The minimum atomic E-state index is -0.133. The second-order valence-electron chi connectivity index (χ2n) is 6.24. The maximum Gasteiger partial charge on any atom is 0.255 e. The summed E-state index contributed by atoms with van der Waals surface area (Å²) in [5, 5.41) is 3.01. The molecule has 2 aromatic rings. The molecule has 0 aliphatic rings. The molecule has 0 aliphatic carbocycles. The van der Waals surface area contributed by atoms with E-state index in [1.807, 2.05) is 6.07 Å². The number of nitrogens with one attached hydrogen (secondary N) is 1.